The molecule has 2 nitrogen and oxygen atoms in total. The highest BCUT2D eigenvalue weighted by Gasteiger charge is 2.09. The largest absolute Gasteiger partial charge is 0.491 e. The molecule has 0 aromatic heterocycles. The predicted molar refractivity (Wildman–Crippen MR) is 74.7 cm³/mol. The summed E-state index contributed by atoms with van der Waals surface area (Å²) in [5, 5.41) is 0. The van der Waals surface area contributed by atoms with Crippen LogP contribution in [0.1, 0.15) is 22.7 Å². The first-order chi connectivity index (χ1) is 9.44. The van der Waals surface area contributed by atoms with Crippen molar-refractivity contribution in [2.75, 3.05) is 6.61 Å². The van der Waals surface area contributed by atoms with Crippen molar-refractivity contribution in [3.05, 3.63) is 64.7 Å². The highest BCUT2D eigenvalue weighted by molar-refractivity contribution is 5.31. The maximum absolute atomic E-state index is 13.0. The third-order valence-electron chi connectivity index (χ3n) is 2.94. The quantitative estimate of drug-likeness (QED) is 0.925. The number of rotatable bonds is 4. The second-order valence-corrected chi connectivity index (χ2v) is 4.94. The molecule has 20 heavy (non-hydrogen) atoms. The van der Waals surface area contributed by atoms with Gasteiger partial charge in [0.15, 0.2) is 0 Å². The van der Waals surface area contributed by atoms with Gasteiger partial charge < -0.3 is 10.5 Å². The summed E-state index contributed by atoms with van der Waals surface area (Å²) in [6.45, 7) is 4.14. The Kier molecular flexibility index (Phi) is 4.35. The van der Waals surface area contributed by atoms with Crippen LogP contribution in [0.2, 0.25) is 0 Å². The average molecular weight is 277 g/mol. The van der Waals surface area contributed by atoms with E-state index in [4.69, 9.17) is 10.5 Å². The van der Waals surface area contributed by atoms with Crippen molar-refractivity contribution in [3.63, 3.8) is 0 Å². The second-order valence-electron chi connectivity index (χ2n) is 4.94. The lowest BCUT2D eigenvalue weighted by molar-refractivity contribution is 0.288. The first kappa shape index (κ1) is 14.5. The Bertz CT molecular complexity index is 573. The Hall–Kier alpha value is -1.94. The molecule has 0 amide bonds. The summed E-state index contributed by atoms with van der Waals surface area (Å²) in [6, 6.07) is 8.74. The van der Waals surface area contributed by atoms with Crippen LogP contribution in [-0.4, -0.2) is 6.61 Å². The topological polar surface area (TPSA) is 35.2 Å². The van der Waals surface area contributed by atoms with Crippen LogP contribution in [0.15, 0.2) is 36.4 Å². The number of ether oxygens (including phenoxy) is 1. The molecule has 0 spiro atoms. The van der Waals surface area contributed by atoms with Gasteiger partial charge in [0.2, 0.25) is 0 Å². The van der Waals surface area contributed by atoms with E-state index < -0.39 is 11.6 Å². The minimum Gasteiger partial charge on any atom is -0.491 e. The van der Waals surface area contributed by atoms with E-state index in [-0.39, 0.29) is 18.4 Å². The lowest BCUT2D eigenvalue weighted by Crippen LogP contribution is -2.19. The fourth-order valence-corrected chi connectivity index (χ4v) is 2.12. The van der Waals surface area contributed by atoms with Gasteiger partial charge in [0.25, 0.3) is 0 Å². The SMILES string of the molecule is Cc1cc(C)cc(C(N)COc2cc(F)cc(F)c2)c1. The van der Waals surface area contributed by atoms with E-state index in [1.54, 1.807) is 0 Å². The van der Waals surface area contributed by atoms with Gasteiger partial charge in [0.1, 0.15) is 24.0 Å². The number of aryl methyl sites for hydroxylation is 2. The monoisotopic (exact) mass is 277 g/mol. The molecule has 1 unspecified atom stereocenters. The van der Waals surface area contributed by atoms with Crippen LogP contribution >= 0.6 is 0 Å². The molecule has 0 fully saturated rings. The van der Waals surface area contributed by atoms with Gasteiger partial charge >= 0.3 is 0 Å². The molecule has 0 radical (unpaired) electrons. The van der Waals surface area contributed by atoms with Gasteiger partial charge in [-0.2, -0.15) is 0 Å². The van der Waals surface area contributed by atoms with Crippen molar-refractivity contribution < 1.29 is 13.5 Å². The van der Waals surface area contributed by atoms with E-state index in [1.807, 2.05) is 26.0 Å². The van der Waals surface area contributed by atoms with Crippen LogP contribution in [-0.2, 0) is 0 Å². The van der Waals surface area contributed by atoms with Gasteiger partial charge in [0, 0.05) is 18.2 Å². The molecule has 1 atom stereocenters. The van der Waals surface area contributed by atoms with E-state index in [1.165, 1.54) is 0 Å². The molecule has 0 aliphatic rings. The summed E-state index contributed by atoms with van der Waals surface area (Å²) in [5.41, 5.74) is 9.22. The molecule has 0 heterocycles. The van der Waals surface area contributed by atoms with Crippen LogP contribution in [0.3, 0.4) is 0 Å². The molecule has 2 N–H and O–H groups in total. The molecule has 0 saturated heterocycles. The normalized spacial score (nSPS) is 12.2. The molecule has 0 aliphatic carbocycles. The Morgan fingerprint density at radius 3 is 2.05 bits per heavy atom. The minimum absolute atomic E-state index is 0.141. The van der Waals surface area contributed by atoms with Crippen LogP contribution in [0.4, 0.5) is 8.78 Å². The number of halogens is 2. The third kappa shape index (κ3) is 3.78. The van der Waals surface area contributed by atoms with Crippen molar-refractivity contribution in [2.24, 2.45) is 5.73 Å². The van der Waals surface area contributed by atoms with Gasteiger partial charge in [-0.3, -0.25) is 0 Å². The first-order valence-electron chi connectivity index (χ1n) is 6.37. The minimum atomic E-state index is -0.667. The fourth-order valence-electron chi connectivity index (χ4n) is 2.12. The number of hydrogen-bond acceptors (Lipinski definition) is 2. The van der Waals surface area contributed by atoms with E-state index in [2.05, 4.69) is 6.07 Å². The summed E-state index contributed by atoms with van der Waals surface area (Å²) in [7, 11) is 0. The zero-order valence-electron chi connectivity index (χ0n) is 11.5. The molecule has 0 aliphatic heterocycles. The summed E-state index contributed by atoms with van der Waals surface area (Å²) in [4.78, 5) is 0. The Morgan fingerprint density at radius 2 is 1.50 bits per heavy atom. The molecular weight excluding hydrogens is 260 g/mol. The molecular formula is C16H17F2NO. The number of nitrogens with two attached hydrogens (primary N) is 1. The lowest BCUT2D eigenvalue weighted by Gasteiger charge is -2.15. The molecule has 0 saturated carbocycles. The van der Waals surface area contributed by atoms with E-state index in [0.717, 1.165) is 34.9 Å². The Balaban J connectivity index is 2.06. The molecule has 4 heteroatoms. The molecule has 106 valence electrons. The van der Waals surface area contributed by atoms with Crippen molar-refractivity contribution in [3.8, 4) is 5.75 Å². The smallest absolute Gasteiger partial charge is 0.129 e. The standard InChI is InChI=1S/C16H17F2NO/c1-10-3-11(2)5-12(4-10)16(19)9-20-15-7-13(17)6-14(18)8-15/h3-8,16H,9,19H2,1-2H3. The summed E-state index contributed by atoms with van der Waals surface area (Å²) in [6.07, 6.45) is 0. The van der Waals surface area contributed by atoms with Crippen LogP contribution in [0, 0.1) is 25.5 Å². The van der Waals surface area contributed by atoms with Gasteiger partial charge in [0.05, 0.1) is 6.04 Å². The Morgan fingerprint density at radius 1 is 0.950 bits per heavy atom. The van der Waals surface area contributed by atoms with Crippen LogP contribution in [0.25, 0.3) is 0 Å². The maximum Gasteiger partial charge on any atom is 0.129 e. The third-order valence-corrected chi connectivity index (χ3v) is 2.94. The molecule has 2 rings (SSSR count). The Labute approximate surface area is 117 Å². The lowest BCUT2D eigenvalue weighted by atomic mass is 10.0. The molecule has 2 aromatic rings. The summed E-state index contributed by atoms with van der Waals surface area (Å²) >= 11 is 0. The van der Waals surface area contributed by atoms with Gasteiger partial charge in [-0.25, -0.2) is 8.78 Å². The zero-order chi connectivity index (χ0) is 14.7. The van der Waals surface area contributed by atoms with Crippen molar-refractivity contribution in [1.29, 1.82) is 0 Å². The molecule has 0 bridgehead atoms. The van der Waals surface area contributed by atoms with Gasteiger partial charge in [-0.1, -0.05) is 29.3 Å². The van der Waals surface area contributed by atoms with Crippen molar-refractivity contribution in [1.82, 2.24) is 0 Å². The second kappa shape index (κ2) is 6.01. The number of hydrogen-bond donors (Lipinski definition) is 1. The van der Waals surface area contributed by atoms with Gasteiger partial charge in [-0.15, -0.1) is 0 Å². The van der Waals surface area contributed by atoms with Crippen LogP contribution < -0.4 is 10.5 Å². The summed E-state index contributed by atoms with van der Waals surface area (Å²) in [5.74, 6) is -1.19. The summed E-state index contributed by atoms with van der Waals surface area (Å²) < 4.78 is 31.4. The molecule has 2 aromatic carbocycles. The van der Waals surface area contributed by atoms with E-state index in [9.17, 15) is 8.78 Å². The van der Waals surface area contributed by atoms with Crippen molar-refractivity contribution in [2.45, 2.75) is 19.9 Å². The highest BCUT2D eigenvalue weighted by atomic mass is 19.1. The van der Waals surface area contributed by atoms with E-state index in [0.29, 0.717) is 0 Å². The fraction of sp³-hybridized carbons (Fsp3) is 0.250. The van der Waals surface area contributed by atoms with Crippen LogP contribution in [0.5, 0.6) is 5.75 Å². The number of benzene rings is 2. The average Bonchev–Trinajstić information content (AvgIpc) is 2.33. The van der Waals surface area contributed by atoms with Crippen molar-refractivity contribution >= 4 is 0 Å². The first-order valence-corrected chi connectivity index (χ1v) is 6.37. The zero-order valence-corrected chi connectivity index (χ0v) is 11.5. The maximum atomic E-state index is 13.0. The predicted octanol–water partition coefficient (Wildman–Crippen LogP) is 3.66. The van der Waals surface area contributed by atoms with E-state index >= 15 is 0 Å². The highest BCUT2D eigenvalue weighted by Crippen LogP contribution is 2.19. The van der Waals surface area contributed by atoms with Gasteiger partial charge in [-0.05, 0) is 19.4 Å².